The van der Waals surface area contributed by atoms with E-state index in [1.54, 1.807) is 0 Å². The molecule has 0 heterocycles. The van der Waals surface area contributed by atoms with Gasteiger partial charge in [0.15, 0.2) is 0 Å². The van der Waals surface area contributed by atoms with Gasteiger partial charge in [-0.2, -0.15) is 0 Å². The second kappa shape index (κ2) is 9.28. The minimum atomic E-state index is 0.872. The molecule has 0 saturated heterocycles. The Morgan fingerprint density at radius 3 is 2.00 bits per heavy atom. The standard InChI is InChI=1S/C8H15N.C2H6/c1-4-5-7(2)6-8(3)9;1-2/h5-6H,4,9H2,1-3H3;1-2H3/b7-5-,8-6-;. The molecule has 2 N–H and O–H groups in total. The predicted octanol–water partition coefficient (Wildman–Crippen LogP) is 3.23. The summed E-state index contributed by atoms with van der Waals surface area (Å²) in [6.45, 7) is 10.1. The van der Waals surface area contributed by atoms with Gasteiger partial charge in [-0.3, -0.25) is 0 Å². The van der Waals surface area contributed by atoms with Crippen molar-refractivity contribution in [2.45, 2.75) is 41.0 Å². The zero-order valence-electron chi connectivity index (χ0n) is 8.44. The van der Waals surface area contributed by atoms with Gasteiger partial charge in [-0.1, -0.05) is 32.4 Å². The fraction of sp³-hybridized carbons (Fsp3) is 0.600. The number of hydrogen-bond donors (Lipinski definition) is 1. The normalized spacial score (nSPS) is 12.1. The van der Waals surface area contributed by atoms with Crippen LogP contribution in [0.1, 0.15) is 41.0 Å². The van der Waals surface area contributed by atoms with E-state index in [4.69, 9.17) is 5.73 Å². The third kappa shape index (κ3) is 12.5. The Kier molecular flexibility index (Phi) is 10.9. The van der Waals surface area contributed by atoms with Crippen LogP contribution in [-0.4, -0.2) is 0 Å². The molecule has 0 rings (SSSR count). The van der Waals surface area contributed by atoms with Crippen LogP contribution in [0.4, 0.5) is 0 Å². The highest BCUT2D eigenvalue weighted by Gasteiger charge is 1.80. The maximum atomic E-state index is 5.44. The summed E-state index contributed by atoms with van der Waals surface area (Å²) in [6.07, 6.45) is 5.20. The van der Waals surface area contributed by atoms with E-state index in [0.717, 1.165) is 12.1 Å². The predicted molar refractivity (Wildman–Crippen MR) is 53.3 cm³/mol. The minimum absolute atomic E-state index is 0.872. The third-order valence-corrected chi connectivity index (χ3v) is 0.981. The van der Waals surface area contributed by atoms with Crippen molar-refractivity contribution in [2.24, 2.45) is 5.73 Å². The topological polar surface area (TPSA) is 26.0 Å². The summed E-state index contributed by atoms with van der Waals surface area (Å²) in [5, 5.41) is 0. The first-order chi connectivity index (χ1) is 5.16. The van der Waals surface area contributed by atoms with E-state index < -0.39 is 0 Å². The molecule has 66 valence electrons. The van der Waals surface area contributed by atoms with E-state index >= 15 is 0 Å². The summed E-state index contributed by atoms with van der Waals surface area (Å²) in [5.41, 5.74) is 7.56. The van der Waals surface area contributed by atoms with Gasteiger partial charge in [0, 0.05) is 5.70 Å². The molecule has 0 saturated carbocycles. The number of nitrogens with two attached hydrogens (primary N) is 1. The van der Waals surface area contributed by atoms with Crippen molar-refractivity contribution in [1.29, 1.82) is 0 Å². The van der Waals surface area contributed by atoms with Gasteiger partial charge in [0.2, 0.25) is 0 Å². The van der Waals surface area contributed by atoms with E-state index in [1.165, 1.54) is 5.57 Å². The molecule has 0 atom stereocenters. The molecule has 0 aromatic rings. The first-order valence-corrected chi connectivity index (χ1v) is 4.27. The first kappa shape index (κ1) is 12.9. The highest BCUT2D eigenvalue weighted by atomic mass is 14.5. The van der Waals surface area contributed by atoms with Crippen LogP contribution in [0.25, 0.3) is 0 Å². The molecule has 0 fully saturated rings. The number of hydrogen-bond acceptors (Lipinski definition) is 1. The van der Waals surface area contributed by atoms with E-state index in [0.29, 0.717) is 0 Å². The molecule has 0 aromatic heterocycles. The van der Waals surface area contributed by atoms with E-state index in [9.17, 15) is 0 Å². The lowest BCUT2D eigenvalue weighted by molar-refractivity contribution is 1.19. The summed E-state index contributed by atoms with van der Waals surface area (Å²) < 4.78 is 0. The fourth-order valence-electron chi connectivity index (χ4n) is 0.740. The van der Waals surface area contributed by atoms with Crippen molar-refractivity contribution in [3.63, 3.8) is 0 Å². The zero-order chi connectivity index (χ0) is 9.28. The summed E-state index contributed by atoms with van der Waals surface area (Å²) in [5.74, 6) is 0. The second-order valence-electron chi connectivity index (χ2n) is 2.24. The molecular weight excluding hydrogens is 134 g/mol. The lowest BCUT2D eigenvalue weighted by Crippen LogP contribution is -1.89. The third-order valence-electron chi connectivity index (χ3n) is 0.981. The summed E-state index contributed by atoms with van der Waals surface area (Å²) in [4.78, 5) is 0. The molecule has 0 aromatic carbocycles. The highest BCUT2D eigenvalue weighted by Crippen LogP contribution is 1.97. The molecule has 0 spiro atoms. The van der Waals surface area contributed by atoms with Crippen LogP contribution in [0, 0.1) is 0 Å². The Labute approximate surface area is 71.0 Å². The van der Waals surface area contributed by atoms with Crippen LogP contribution in [0.3, 0.4) is 0 Å². The maximum Gasteiger partial charge on any atom is 0.00514 e. The fourth-order valence-corrected chi connectivity index (χ4v) is 0.740. The summed E-state index contributed by atoms with van der Waals surface area (Å²) in [7, 11) is 0. The van der Waals surface area contributed by atoms with Crippen molar-refractivity contribution in [2.75, 3.05) is 0 Å². The second-order valence-corrected chi connectivity index (χ2v) is 2.24. The SMILES string of the molecule is CC.CC/C=C(C)\C=C(\C)N. The molecular formula is C10H21N. The Morgan fingerprint density at radius 2 is 1.73 bits per heavy atom. The van der Waals surface area contributed by atoms with Gasteiger partial charge in [0.1, 0.15) is 0 Å². The van der Waals surface area contributed by atoms with E-state index in [2.05, 4.69) is 19.9 Å². The lowest BCUT2D eigenvalue weighted by Gasteiger charge is -1.91. The molecule has 0 aliphatic carbocycles. The van der Waals surface area contributed by atoms with Crippen LogP contribution in [0.5, 0.6) is 0 Å². The van der Waals surface area contributed by atoms with Crippen molar-refractivity contribution in [3.05, 3.63) is 23.4 Å². The quantitative estimate of drug-likeness (QED) is 0.609. The molecule has 11 heavy (non-hydrogen) atoms. The Bertz CT molecular complexity index is 128. The molecule has 1 nitrogen and oxygen atoms in total. The van der Waals surface area contributed by atoms with E-state index in [-0.39, 0.29) is 0 Å². The molecule has 0 bridgehead atoms. The summed E-state index contributed by atoms with van der Waals surface area (Å²) in [6, 6.07) is 0. The average molecular weight is 155 g/mol. The van der Waals surface area contributed by atoms with Crippen molar-refractivity contribution in [3.8, 4) is 0 Å². The zero-order valence-corrected chi connectivity index (χ0v) is 8.44. The molecule has 0 radical (unpaired) electrons. The van der Waals surface area contributed by atoms with Crippen LogP contribution in [0.2, 0.25) is 0 Å². The van der Waals surface area contributed by atoms with Gasteiger partial charge in [-0.05, 0) is 26.3 Å². The van der Waals surface area contributed by atoms with Crippen LogP contribution >= 0.6 is 0 Å². The van der Waals surface area contributed by atoms with Gasteiger partial charge >= 0.3 is 0 Å². The Balaban J connectivity index is 0. The maximum absolute atomic E-state index is 5.44. The highest BCUT2D eigenvalue weighted by molar-refractivity contribution is 5.18. The van der Waals surface area contributed by atoms with Crippen molar-refractivity contribution >= 4 is 0 Å². The van der Waals surface area contributed by atoms with Crippen LogP contribution in [0.15, 0.2) is 23.4 Å². The monoisotopic (exact) mass is 155 g/mol. The lowest BCUT2D eigenvalue weighted by atomic mass is 10.2. The molecule has 0 unspecified atom stereocenters. The van der Waals surface area contributed by atoms with E-state index in [1.807, 2.05) is 26.8 Å². The smallest absolute Gasteiger partial charge is 0.00514 e. The van der Waals surface area contributed by atoms with Gasteiger partial charge in [0.05, 0.1) is 0 Å². The van der Waals surface area contributed by atoms with Crippen LogP contribution in [-0.2, 0) is 0 Å². The van der Waals surface area contributed by atoms with Gasteiger partial charge in [0.25, 0.3) is 0 Å². The first-order valence-electron chi connectivity index (χ1n) is 4.27. The van der Waals surface area contributed by atoms with Crippen molar-refractivity contribution < 1.29 is 0 Å². The Hall–Kier alpha value is -0.720. The number of rotatable bonds is 2. The van der Waals surface area contributed by atoms with Crippen LogP contribution < -0.4 is 5.73 Å². The summed E-state index contributed by atoms with van der Waals surface area (Å²) >= 11 is 0. The Morgan fingerprint density at radius 1 is 1.27 bits per heavy atom. The average Bonchev–Trinajstić information content (AvgIpc) is 1.91. The largest absolute Gasteiger partial charge is 0.402 e. The van der Waals surface area contributed by atoms with Gasteiger partial charge < -0.3 is 5.73 Å². The minimum Gasteiger partial charge on any atom is -0.402 e. The number of allylic oxidation sites excluding steroid dienone is 4. The van der Waals surface area contributed by atoms with Crippen molar-refractivity contribution in [1.82, 2.24) is 0 Å². The molecule has 0 aliphatic rings. The molecule has 1 heteroatoms. The van der Waals surface area contributed by atoms with Gasteiger partial charge in [-0.25, -0.2) is 0 Å². The molecule has 0 amide bonds. The van der Waals surface area contributed by atoms with Gasteiger partial charge in [-0.15, -0.1) is 0 Å². The molecule has 0 aliphatic heterocycles.